The van der Waals surface area contributed by atoms with Gasteiger partial charge in [0.15, 0.2) is 0 Å². The first-order chi connectivity index (χ1) is 11.6. The number of rotatable bonds is 5. The van der Waals surface area contributed by atoms with E-state index in [4.69, 9.17) is 0 Å². The molecule has 0 aliphatic carbocycles. The molecule has 2 aromatic carbocycles. The van der Waals surface area contributed by atoms with Gasteiger partial charge in [-0.3, -0.25) is 10.1 Å². The predicted molar refractivity (Wildman–Crippen MR) is 95.7 cm³/mol. The summed E-state index contributed by atoms with van der Waals surface area (Å²) in [5, 5.41) is 11.6. The molecule has 4 nitrogen and oxygen atoms in total. The summed E-state index contributed by atoms with van der Waals surface area (Å²) in [7, 11) is 0. The summed E-state index contributed by atoms with van der Waals surface area (Å²) in [5.41, 5.74) is 0.765. The van der Waals surface area contributed by atoms with Gasteiger partial charge in [0.05, 0.1) is 5.25 Å². The Morgan fingerprint density at radius 1 is 1.12 bits per heavy atom. The first-order valence-corrected chi connectivity index (χ1v) is 8.93. The van der Waals surface area contributed by atoms with E-state index in [9.17, 15) is 9.18 Å². The summed E-state index contributed by atoms with van der Waals surface area (Å²) in [6.07, 6.45) is 0. The monoisotopic (exact) mass is 359 g/mol. The van der Waals surface area contributed by atoms with Crippen molar-refractivity contribution in [1.29, 1.82) is 0 Å². The third-order valence-corrected chi connectivity index (χ3v) is 5.17. The number of nitrogens with one attached hydrogen (secondary N) is 1. The largest absolute Gasteiger partial charge is 0.300 e. The Morgan fingerprint density at radius 2 is 1.83 bits per heavy atom. The van der Waals surface area contributed by atoms with Gasteiger partial charge in [0.2, 0.25) is 11.0 Å². The molecule has 0 saturated carbocycles. The second kappa shape index (κ2) is 7.55. The highest BCUT2D eigenvalue weighted by Crippen LogP contribution is 2.28. The highest BCUT2D eigenvalue weighted by atomic mass is 32.2. The average molecular weight is 359 g/mol. The molecule has 0 spiro atoms. The van der Waals surface area contributed by atoms with Crippen LogP contribution >= 0.6 is 23.1 Å². The summed E-state index contributed by atoms with van der Waals surface area (Å²) in [6.45, 7) is 1.84. The lowest BCUT2D eigenvalue weighted by Crippen LogP contribution is -2.22. The fourth-order valence-corrected chi connectivity index (χ4v) is 3.59. The number of amides is 1. The van der Waals surface area contributed by atoms with Crippen LogP contribution in [0, 0.1) is 5.82 Å². The van der Waals surface area contributed by atoms with Crippen molar-refractivity contribution >= 4 is 34.1 Å². The molecule has 24 heavy (non-hydrogen) atoms. The minimum Gasteiger partial charge on any atom is -0.300 e. The zero-order valence-electron chi connectivity index (χ0n) is 12.8. The van der Waals surface area contributed by atoms with Crippen molar-refractivity contribution in [2.24, 2.45) is 0 Å². The number of hydrogen-bond donors (Lipinski definition) is 1. The van der Waals surface area contributed by atoms with Crippen molar-refractivity contribution in [2.45, 2.75) is 17.1 Å². The normalized spacial score (nSPS) is 11.9. The fraction of sp³-hybridized carbons (Fsp3) is 0.118. The second-order valence-corrected chi connectivity index (χ2v) is 7.37. The van der Waals surface area contributed by atoms with Crippen LogP contribution in [0.3, 0.4) is 0 Å². The lowest BCUT2D eigenvalue weighted by atomic mass is 10.2. The Kier molecular flexibility index (Phi) is 5.22. The van der Waals surface area contributed by atoms with E-state index in [1.165, 1.54) is 35.2 Å². The molecule has 0 saturated heterocycles. The summed E-state index contributed by atoms with van der Waals surface area (Å²) in [5.74, 6) is -0.436. The van der Waals surface area contributed by atoms with Gasteiger partial charge in [-0.05, 0) is 43.3 Å². The van der Waals surface area contributed by atoms with Crippen LogP contribution in [0.1, 0.15) is 6.92 Å². The van der Waals surface area contributed by atoms with Crippen molar-refractivity contribution in [1.82, 2.24) is 10.2 Å². The maximum absolute atomic E-state index is 13.0. The van der Waals surface area contributed by atoms with Crippen molar-refractivity contribution in [2.75, 3.05) is 5.32 Å². The molecule has 1 amide bonds. The first-order valence-electron chi connectivity index (χ1n) is 7.24. The summed E-state index contributed by atoms with van der Waals surface area (Å²) < 4.78 is 13.0. The van der Waals surface area contributed by atoms with Gasteiger partial charge in [-0.15, -0.1) is 22.0 Å². The summed E-state index contributed by atoms with van der Waals surface area (Å²) in [4.78, 5) is 13.3. The molecule has 1 aromatic heterocycles. The number of aromatic nitrogens is 2. The zero-order chi connectivity index (χ0) is 16.9. The Hall–Kier alpha value is -2.25. The molecule has 1 heterocycles. The molecular formula is C17H14FN3OS2. The van der Waals surface area contributed by atoms with Crippen molar-refractivity contribution in [3.05, 3.63) is 60.4 Å². The topological polar surface area (TPSA) is 54.9 Å². The van der Waals surface area contributed by atoms with Crippen LogP contribution in [0.5, 0.6) is 0 Å². The van der Waals surface area contributed by atoms with Crippen LogP contribution in [-0.2, 0) is 4.79 Å². The Balaban J connectivity index is 1.63. The van der Waals surface area contributed by atoms with Gasteiger partial charge < -0.3 is 0 Å². The lowest BCUT2D eigenvalue weighted by Gasteiger charge is -2.09. The van der Waals surface area contributed by atoms with Gasteiger partial charge in [-0.25, -0.2) is 4.39 Å². The lowest BCUT2D eigenvalue weighted by molar-refractivity contribution is -0.115. The molecule has 7 heteroatoms. The van der Waals surface area contributed by atoms with E-state index < -0.39 is 0 Å². The van der Waals surface area contributed by atoms with Gasteiger partial charge in [-0.1, -0.05) is 29.5 Å². The number of anilines is 1. The average Bonchev–Trinajstić information content (AvgIpc) is 3.05. The Labute approximate surface area is 147 Å². The van der Waals surface area contributed by atoms with Crippen molar-refractivity contribution in [3.8, 4) is 10.6 Å². The minimum absolute atomic E-state index is 0.134. The van der Waals surface area contributed by atoms with Crippen LogP contribution in [-0.4, -0.2) is 21.4 Å². The Morgan fingerprint density at radius 3 is 2.54 bits per heavy atom. The van der Waals surface area contributed by atoms with E-state index in [2.05, 4.69) is 15.5 Å². The number of halogens is 1. The second-order valence-electron chi connectivity index (χ2n) is 4.98. The highest BCUT2D eigenvalue weighted by Gasteiger charge is 2.17. The number of thioether (sulfide) groups is 1. The Bertz CT molecular complexity index is 821. The van der Waals surface area contributed by atoms with Crippen LogP contribution in [0.25, 0.3) is 10.6 Å². The minimum atomic E-state index is -0.302. The van der Waals surface area contributed by atoms with Gasteiger partial charge in [0.1, 0.15) is 10.8 Å². The van der Waals surface area contributed by atoms with E-state index in [0.29, 0.717) is 10.1 Å². The van der Waals surface area contributed by atoms with Gasteiger partial charge in [-0.2, -0.15) is 0 Å². The smallest absolute Gasteiger partial charge is 0.239 e. The van der Waals surface area contributed by atoms with Crippen molar-refractivity contribution < 1.29 is 9.18 Å². The van der Waals surface area contributed by atoms with Gasteiger partial charge in [0, 0.05) is 10.5 Å². The van der Waals surface area contributed by atoms with Crippen LogP contribution < -0.4 is 5.32 Å². The molecule has 0 aliphatic rings. The zero-order valence-corrected chi connectivity index (χ0v) is 14.4. The number of hydrogen-bond acceptors (Lipinski definition) is 5. The molecule has 1 N–H and O–H groups in total. The maximum atomic E-state index is 13.0. The molecular weight excluding hydrogens is 345 g/mol. The highest BCUT2D eigenvalue weighted by molar-refractivity contribution is 8.00. The van der Waals surface area contributed by atoms with Crippen LogP contribution in [0.2, 0.25) is 0 Å². The van der Waals surface area contributed by atoms with Crippen LogP contribution in [0.15, 0.2) is 59.5 Å². The maximum Gasteiger partial charge on any atom is 0.239 e. The molecule has 122 valence electrons. The number of carbonyl (C=O) groups excluding carboxylic acids is 1. The van der Waals surface area contributed by atoms with Gasteiger partial charge >= 0.3 is 0 Å². The summed E-state index contributed by atoms with van der Waals surface area (Å²) in [6, 6.07) is 15.7. The van der Waals surface area contributed by atoms with E-state index >= 15 is 0 Å². The van der Waals surface area contributed by atoms with E-state index in [-0.39, 0.29) is 17.0 Å². The third-order valence-electron chi connectivity index (χ3n) is 3.17. The summed E-state index contributed by atoms with van der Waals surface area (Å²) >= 11 is 2.74. The van der Waals surface area contributed by atoms with Crippen LogP contribution in [0.4, 0.5) is 9.52 Å². The predicted octanol–water partition coefficient (Wildman–Crippen LogP) is 4.46. The molecule has 1 unspecified atom stereocenters. The number of nitrogens with zero attached hydrogens (tertiary/aromatic N) is 2. The molecule has 0 fully saturated rings. The van der Waals surface area contributed by atoms with E-state index in [0.717, 1.165) is 10.5 Å². The number of benzene rings is 2. The van der Waals surface area contributed by atoms with E-state index in [1.54, 1.807) is 12.1 Å². The standard InChI is InChI=1S/C17H14FN3OS2/c1-11(23-14-5-3-2-4-6-14)15(22)19-17-21-20-16(24-17)12-7-9-13(18)10-8-12/h2-11H,1H3,(H,19,21,22). The van der Waals surface area contributed by atoms with Gasteiger partial charge in [0.25, 0.3) is 0 Å². The third kappa shape index (κ3) is 4.18. The first kappa shape index (κ1) is 16.6. The SMILES string of the molecule is CC(Sc1ccccc1)C(=O)Nc1nnc(-c2ccc(F)cc2)s1. The molecule has 3 rings (SSSR count). The van der Waals surface area contributed by atoms with E-state index in [1.807, 2.05) is 37.3 Å². The molecule has 0 bridgehead atoms. The quantitative estimate of drug-likeness (QED) is 0.683. The molecule has 3 aromatic rings. The molecule has 0 aliphatic heterocycles. The van der Waals surface area contributed by atoms with Crippen molar-refractivity contribution in [3.63, 3.8) is 0 Å². The number of carbonyl (C=O) groups is 1. The molecule has 0 radical (unpaired) electrons. The fourth-order valence-electron chi connectivity index (χ4n) is 1.95. The molecule has 1 atom stereocenters.